The zero-order chi connectivity index (χ0) is 13.1. The summed E-state index contributed by atoms with van der Waals surface area (Å²) < 4.78 is 1.54. The van der Waals surface area contributed by atoms with E-state index in [1.165, 1.54) is 16.0 Å². The minimum absolute atomic E-state index is 0.0244. The van der Waals surface area contributed by atoms with Crippen LogP contribution in [0.15, 0.2) is 5.38 Å². The molecule has 0 aliphatic rings. The van der Waals surface area contributed by atoms with Crippen LogP contribution in [0.4, 0.5) is 0 Å². The Balaban J connectivity index is 2.43. The summed E-state index contributed by atoms with van der Waals surface area (Å²) in [5, 5.41) is 19.3. The van der Waals surface area contributed by atoms with Crippen molar-refractivity contribution in [3.05, 3.63) is 22.5 Å². The maximum Gasteiger partial charge on any atom is 0.358 e. The number of carbonyl (C=O) groups is 1. The van der Waals surface area contributed by atoms with Crippen LogP contribution in [0.3, 0.4) is 0 Å². The molecule has 0 saturated carbocycles. The van der Waals surface area contributed by atoms with Crippen molar-refractivity contribution >= 4 is 17.3 Å². The topological polar surface area (TPSA) is 80.9 Å². The molecule has 1 N–H and O–H groups in total. The number of hydrogen-bond donors (Lipinski definition) is 1. The molecule has 0 aromatic carbocycles. The smallest absolute Gasteiger partial charge is 0.358 e. The summed E-state index contributed by atoms with van der Waals surface area (Å²) in [6.07, 6.45) is 2.53. The van der Waals surface area contributed by atoms with Crippen LogP contribution in [0.1, 0.15) is 41.6 Å². The second-order valence-electron chi connectivity index (χ2n) is 3.98. The van der Waals surface area contributed by atoms with Gasteiger partial charge in [-0.15, -0.1) is 16.4 Å². The molecule has 0 unspecified atom stereocenters. The lowest BCUT2D eigenvalue weighted by Gasteiger charge is -2.02. The van der Waals surface area contributed by atoms with E-state index in [9.17, 15) is 4.79 Å². The fourth-order valence-electron chi connectivity index (χ4n) is 1.63. The second kappa shape index (κ2) is 5.26. The monoisotopic (exact) mass is 266 g/mol. The highest BCUT2D eigenvalue weighted by Gasteiger charge is 2.20. The first kappa shape index (κ1) is 12.7. The molecule has 0 fully saturated rings. The van der Waals surface area contributed by atoms with Crippen LogP contribution >= 0.6 is 11.3 Å². The molecule has 2 rings (SSSR count). The Kier molecular flexibility index (Phi) is 3.71. The lowest BCUT2D eigenvalue weighted by Crippen LogP contribution is -2.07. The van der Waals surface area contributed by atoms with E-state index < -0.39 is 5.97 Å². The van der Waals surface area contributed by atoms with E-state index in [0.29, 0.717) is 17.2 Å². The molecule has 0 saturated heterocycles. The number of aryl methyl sites for hydroxylation is 1. The van der Waals surface area contributed by atoms with Crippen molar-refractivity contribution in [1.82, 2.24) is 20.0 Å². The Morgan fingerprint density at radius 3 is 2.89 bits per heavy atom. The SMILES string of the molecule is CCCCc1c(C(=O)O)nnn1-c1nc(C)cs1. The Morgan fingerprint density at radius 2 is 2.33 bits per heavy atom. The van der Waals surface area contributed by atoms with E-state index in [-0.39, 0.29) is 5.69 Å². The number of nitrogens with zero attached hydrogens (tertiary/aromatic N) is 4. The molecule has 96 valence electrons. The van der Waals surface area contributed by atoms with Gasteiger partial charge >= 0.3 is 5.97 Å². The van der Waals surface area contributed by atoms with E-state index in [1.54, 1.807) is 0 Å². The zero-order valence-electron chi connectivity index (χ0n) is 10.3. The van der Waals surface area contributed by atoms with Gasteiger partial charge in [-0.3, -0.25) is 0 Å². The van der Waals surface area contributed by atoms with Crippen molar-refractivity contribution < 1.29 is 9.90 Å². The van der Waals surface area contributed by atoms with Crippen molar-refractivity contribution in [2.75, 3.05) is 0 Å². The third-order valence-corrected chi connectivity index (χ3v) is 3.45. The molecule has 18 heavy (non-hydrogen) atoms. The third-order valence-electron chi connectivity index (χ3n) is 2.52. The standard InChI is InChI=1S/C11H14N4O2S/c1-3-4-5-8-9(10(16)17)13-14-15(8)11-12-7(2)6-18-11/h6H,3-5H2,1-2H3,(H,16,17). The van der Waals surface area contributed by atoms with E-state index >= 15 is 0 Å². The molecular formula is C11H14N4O2S. The highest BCUT2D eigenvalue weighted by molar-refractivity contribution is 7.12. The summed E-state index contributed by atoms with van der Waals surface area (Å²) in [6.45, 7) is 3.95. The molecule has 0 amide bonds. The minimum Gasteiger partial charge on any atom is -0.476 e. The van der Waals surface area contributed by atoms with Crippen molar-refractivity contribution in [3.63, 3.8) is 0 Å². The Hall–Kier alpha value is -1.76. The number of rotatable bonds is 5. The molecule has 6 nitrogen and oxygen atoms in total. The Morgan fingerprint density at radius 1 is 1.56 bits per heavy atom. The zero-order valence-corrected chi connectivity index (χ0v) is 11.1. The van der Waals surface area contributed by atoms with E-state index in [2.05, 4.69) is 22.2 Å². The van der Waals surface area contributed by atoms with E-state index in [4.69, 9.17) is 5.11 Å². The number of carboxylic acid groups (broad SMARTS) is 1. The van der Waals surface area contributed by atoms with Crippen molar-refractivity contribution in [2.24, 2.45) is 0 Å². The molecular weight excluding hydrogens is 252 g/mol. The van der Waals surface area contributed by atoms with Crippen LogP contribution in [0.5, 0.6) is 0 Å². The summed E-state index contributed by atoms with van der Waals surface area (Å²) in [7, 11) is 0. The van der Waals surface area contributed by atoms with Crippen LogP contribution in [0, 0.1) is 6.92 Å². The van der Waals surface area contributed by atoms with Crippen molar-refractivity contribution in [1.29, 1.82) is 0 Å². The predicted octanol–water partition coefficient (Wildman–Crippen LogP) is 2.07. The number of hydrogen-bond acceptors (Lipinski definition) is 5. The molecule has 0 aliphatic carbocycles. The fourth-order valence-corrected chi connectivity index (χ4v) is 2.40. The molecule has 2 aromatic heterocycles. The lowest BCUT2D eigenvalue weighted by molar-refractivity contribution is 0.0689. The molecule has 0 bridgehead atoms. The van der Waals surface area contributed by atoms with Gasteiger partial charge in [-0.2, -0.15) is 4.68 Å². The number of thiazole rings is 1. The normalized spacial score (nSPS) is 10.8. The van der Waals surface area contributed by atoms with Gasteiger partial charge in [0.25, 0.3) is 0 Å². The van der Waals surface area contributed by atoms with Crippen molar-refractivity contribution in [2.45, 2.75) is 33.1 Å². The van der Waals surface area contributed by atoms with Gasteiger partial charge in [0, 0.05) is 5.38 Å². The van der Waals surface area contributed by atoms with Crippen LogP contribution < -0.4 is 0 Å². The maximum atomic E-state index is 11.1. The molecule has 2 aromatic rings. The molecule has 7 heteroatoms. The van der Waals surface area contributed by atoms with Gasteiger partial charge < -0.3 is 5.11 Å². The van der Waals surface area contributed by atoms with Crippen LogP contribution in [0.25, 0.3) is 5.13 Å². The van der Waals surface area contributed by atoms with Gasteiger partial charge in [0.15, 0.2) is 5.69 Å². The molecule has 0 atom stereocenters. The number of unbranched alkanes of at least 4 members (excludes halogenated alkanes) is 1. The highest BCUT2D eigenvalue weighted by atomic mass is 32.1. The largest absolute Gasteiger partial charge is 0.476 e. The lowest BCUT2D eigenvalue weighted by atomic mass is 10.1. The van der Waals surface area contributed by atoms with Gasteiger partial charge in [0.05, 0.1) is 11.4 Å². The fraction of sp³-hybridized carbons (Fsp3) is 0.455. The quantitative estimate of drug-likeness (QED) is 0.896. The summed E-state index contributed by atoms with van der Waals surface area (Å²) in [5.74, 6) is -1.04. The third kappa shape index (κ3) is 2.40. The van der Waals surface area contributed by atoms with Gasteiger partial charge in [0.1, 0.15) is 0 Å². The first-order valence-corrected chi connectivity index (χ1v) is 6.61. The van der Waals surface area contributed by atoms with Gasteiger partial charge in [-0.25, -0.2) is 9.78 Å². The average Bonchev–Trinajstić information content (AvgIpc) is 2.91. The van der Waals surface area contributed by atoms with Crippen LogP contribution in [0.2, 0.25) is 0 Å². The molecule has 0 spiro atoms. The molecule has 0 aliphatic heterocycles. The van der Waals surface area contributed by atoms with E-state index in [1.807, 2.05) is 12.3 Å². The molecule has 0 radical (unpaired) electrons. The van der Waals surface area contributed by atoms with Gasteiger partial charge in [0.2, 0.25) is 5.13 Å². The van der Waals surface area contributed by atoms with Crippen LogP contribution in [-0.4, -0.2) is 31.1 Å². The van der Waals surface area contributed by atoms with Gasteiger partial charge in [-0.1, -0.05) is 18.6 Å². The Labute approximate surface area is 108 Å². The maximum absolute atomic E-state index is 11.1. The van der Waals surface area contributed by atoms with Crippen LogP contribution in [-0.2, 0) is 6.42 Å². The summed E-state index contributed by atoms with van der Waals surface area (Å²) >= 11 is 1.43. The summed E-state index contributed by atoms with van der Waals surface area (Å²) in [6, 6.07) is 0. The highest BCUT2D eigenvalue weighted by Crippen LogP contribution is 2.18. The first-order valence-electron chi connectivity index (χ1n) is 5.73. The summed E-state index contributed by atoms with van der Waals surface area (Å²) in [5.41, 5.74) is 1.54. The summed E-state index contributed by atoms with van der Waals surface area (Å²) in [4.78, 5) is 15.4. The van der Waals surface area contributed by atoms with E-state index in [0.717, 1.165) is 18.5 Å². The van der Waals surface area contributed by atoms with Crippen molar-refractivity contribution in [3.8, 4) is 5.13 Å². The first-order chi connectivity index (χ1) is 8.63. The second-order valence-corrected chi connectivity index (χ2v) is 4.81. The number of aromatic carboxylic acids is 1. The van der Waals surface area contributed by atoms with Gasteiger partial charge in [-0.05, 0) is 19.8 Å². The number of aromatic nitrogens is 4. The average molecular weight is 266 g/mol. The minimum atomic E-state index is -1.04. The predicted molar refractivity (Wildman–Crippen MR) is 67.3 cm³/mol. The Bertz CT molecular complexity index is 561. The number of carboxylic acids is 1. The molecule has 2 heterocycles.